The standard InChI is InChI=1S/C29H33N3O2S2/c1-21-7-6-16-31(19-21)36(33,34)26-14-15-28-27(18-26)30-29(32(28)25-10-4-5-11-25)35-20-22-12-13-23-8-2-3-9-24(23)17-22/h2-3,8-9,12-15,17-18,21,25H,4-7,10-11,16,19-20H2,1H3/t21-/m1/s1. The van der Waals surface area contributed by atoms with E-state index in [1.165, 1.54) is 29.2 Å². The zero-order chi connectivity index (χ0) is 24.7. The molecule has 36 heavy (non-hydrogen) atoms. The van der Waals surface area contributed by atoms with Crippen LogP contribution < -0.4 is 0 Å². The summed E-state index contributed by atoms with van der Waals surface area (Å²) >= 11 is 1.75. The predicted octanol–water partition coefficient (Wildman–Crippen LogP) is 7.02. The number of hydrogen-bond donors (Lipinski definition) is 0. The van der Waals surface area contributed by atoms with E-state index in [2.05, 4.69) is 54.0 Å². The van der Waals surface area contributed by atoms with Crippen LogP contribution in [0.5, 0.6) is 0 Å². The summed E-state index contributed by atoms with van der Waals surface area (Å²) in [6.07, 6.45) is 6.79. The van der Waals surface area contributed by atoms with Gasteiger partial charge in [0.25, 0.3) is 0 Å². The van der Waals surface area contributed by atoms with E-state index in [9.17, 15) is 8.42 Å². The van der Waals surface area contributed by atoms with Gasteiger partial charge in [0, 0.05) is 24.9 Å². The van der Waals surface area contributed by atoms with Gasteiger partial charge in [0.2, 0.25) is 10.0 Å². The Hall–Kier alpha value is -2.35. The van der Waals surface area contributed by atoms with Crippen LogP contribution >= 0.6 is 11.8 Å². The van der Waals surface area contributed by atoms with Gasteiger partial charge in [-0.3, -0.25) is 0 Å². The first-order valence-electron chi connectivity index (χ1n) is 13.1. The van der Waals surface area contributed by atoms with Crippen molar-refractivity contribution in [2.24, 2.45) is 5.92 Å². The molecular formula is C29H33N3O2S2. The number of rotatable bonds is 6. The van der Waals surface area contributed by atoms with Gasteiger partial charge in [-0.05, 0) is 66.1 Å². The van der Waals surface area contributed by atoms with Crippen molar-refractivity contribution in [2.75, 3.05) is 13.1 Å². The molecule has 1 saturated carbocycles. The van der Waals surface area contributed by atoms with Crippen LogP contribution in [0, 0.1) is 5.92 Å². The van der Waals surface area contributed by atoms with E-state index < -0.39 is 10.0 Å². The first kappa shape index (κ1) is 24.0. The smallest absolute Gasteiger partial charge is 0.243 e. The summed E-state index contributed by atoms with van der Waals surface area (Å²) in [6, 6.07) is 21.1. The Kier molecular flexibility index (Phi) is 6.56. The van der Waals surface area contributed by atoms with Crippen molar-refractivity contribution >= 4 is 43.6 Å². The normalized spacial score (nSPS) is 20.0. The van der Waals surface area contributed by atoms with E-state index in [4.69, 9.17) is 4.98 Å². The third-order valence-corrected chi connectivity index (χ3v) is 10.6. The van der Waals surface area contributed by atoms with Crippen molar-refractivity contribution in [3.63, 3.8) is 0 Å². The van der Waals surface area contributed by atoms with Crippen molar-refractivity contribution < 1.29 is 8.42 Å². The second-order valence-corrected chi connectivity index (χ2v) is 13.3. The zero-order valence-electron chi connectivity index (χ0n) is 20.8. The van der Waals surface area contributed by atoms with Crippen molar-refractivity contribution in [3.8, 4) is 0 Å². The number of imidazole rings is 1. The maximum atomic E-state index is 13.4. The Labute approximate surface area is 218 Å². The molecule has 0 unspecified atom stereocenters. The van der Waals surface area contributed by atoms with E-state index in [1.807, 2.05) is 6.07 Å². The van der Waals surface area contributed by atoms with Crippen LogP contribution in [0.4, 0.5) is 0 Å². The maximum absolute atomic E-state index is 13.4. The number of fused-ring (bicyclic) bond motifs is 2. The molecule has 6 rings (SSSR count). The highest BCUT2D eigenvalue weighted by molar-refractivity contribution is 7.98. The third-order valence-electron chi connectivity index (χ3n) is 7.76. The second-order valence-electron chi connectivity index (χ2n) is 10.4. The van der Waals surface area contributed by atoms with E-state index in [-0.39, 0.29) is 0 Å². The van der Waals surface area contributed by atoms with Gasteiger partial charge < -0.3 is 4.57 Å². The van der Waals surface area contributed by atoms with Crippen LogP contribution in [0.15, 0.2) is 70.7 Å². The molecule has 0 bridgehead atoms. The van der Waals surface area contributed by atoms with Gasteiger partial charge in [0.05, 0.1) is 15.9 Å². The Morgan fingerprint density at radius 3 is 2.56 bits per heavy atom. The molecule has 0 N–H and O–H groups in total. The summed E-state index contributed by atoms with van der Waals surface area (Å²) in [7, 11) is -3.51. The van der Waals surface area contributed by atoms with Crippen LogP contribution in [0.25, 0.3) is 21.8 Å². The Bertz CT molecular complexity index is 1510. The minimum absolute atomic E-state index is 0.367. The summed E-state index contributed by atoms with van der Waals surface area (Å²) in [5.41, 5.74) is 3.11. The molecule has 1 aromatic heterocycles. The fourth-order valence-corrected chi connectivity index (χ4v) is 8.47. The fraction of sp³-hybridized carbons (Fsp3) is 0.414. The zero-order valence-corrected chi connectivity index (χ0v) is 22.4. The number of sulfonamides is 1. The van der Waals surface area contributed by atoms with E-state index in [0.717, 1.165) is 47.6 Å². The molecule has 188 valence electrons. The first-order chi connectivity index (χ1) is 17.5. The van der Waals surface area contributed by atoms with Crippen molar-refractivity contribution in [3.05, 3.63) is 66.2 Å². The summed E-state index contributed by atoms with van der Waals surface area (Å²) < 4.78 is 30.9. The highest BCUT2D eigenvalue weighted by Gasteiger charge is 2.30. The Morgan fingerprint density at radius 1 is 0.944 bits per heavy atom. The largest absolute Gasteiger partial charge is 0.316 e. The lowest BCUT2D eigenvalue weighted by molar-refractivity contribution is 0.281. The quantitative estimate of drug-likeness (QED) is 0.257. The summed E-state index contributed by atoms with van der Waals surface area (Å²) in [6.45, 7) is 3.34. The van der Waals surface area contributed by atoms with Gasteiger partial charge in [0.1, 0.15) is 0 Å². The van der Waals surface area contributed by atoms with Gasteiger partial charge >= 0.3 is 0 Å². The van der Waals surface area contributed by atoms with Crippen LogP contribution in [0.3, 0.4) is 0 Å². The first-order valence-corrected chi connectivity index (χ1v) is 15.5. The van der Waals surface area contributed by atoms with E-state index in [0.29, 0.717) is 29.9 Å². The van der Waals surface area contributed by atoms with Crippen molar-refractivity contribution in [1.29, 1.82) is 0 Å². The minimum Gasteiger partial charge on any atom is -0.316 e. The number of thioether (sulfide) groups is 1. The van der Waals surface area contributed by atoms with Gasteiger partial charge in [-0.25, -0.2) is 13.4 Å². The molecule has 4 aromatic rings. The number of aromatic nitrogens is 2. The van der Waals surface area contributed by atoms with Crippen LogP contribution in [-0.2, 0) is 15.8 Å². The highest BCUT2D eigenvalue weighted by Crippen LogP contribution is 2.38. The number of hydrogen-bond acceptors (Lipinski definition) is 4. The molecule has 0 spiro atoms. The SMILES string of the molecule is C[C@@H]1CCCN(S(=O)(=O)c2ccc3c(c2)nc(SCc2ccc4ccccc4c2)n3C2CCCC2)C1. The fourth-order valence-electron chi connectivity index (χ4n) is 5.82. The molecule has 2 heterocycles. The van der Waals surface area contributed by atoms with Crippen LogP contribution in [0.2, 0.25) is 0 Å². The monoisotopic (exact) mass is 519 g/mol. The molecule has 2 aliphatic rings. The maximum Gasteiger partial charge on any atom is 0.243 e. The average molecular weight is 520 g/mol. The van der Waals surface area contributed by atoms with E-state index in [1.54, 1.807) is 28.2 Å². The molecule has 2 fully saturated rings. The molecule has 5 nitrogen and oxygen atoms in total. The lowest BCUT2D eigenvalue weighted by Crippen LogP contribution is -2.39. The molecule has 1 aliphatic carbocycles. The second kappa shape index (κ2) is 9.84. The highest BCUT2D eigenvalue weighted by atomic mass is 32.2. The number of piperidine rings is 1. The average Bonchev–Trinajstić information content (AvgIpc) is 3.54. The molecule has 0 radical (unpaired) electrons. The topological polar surface area (TPSA) is 55.2 Å². The van der Waals surface area contributed by atoms with Gasteiger partial charge in [-0.2, -0.15) is 4.31 Å². The number of benzene rings is 3. The Morgan fingerprint density at radius 2 is 1.75 bits per heavy atom. The predicted molar refractivity (Wildman–Crippen MR) is 148 cm³/mol. The lowest BCUT2D eigenvalue weighted by atomic mass is 10.0. The Balaban J connectivity index is 1.33. The molecule has 7 heteroatoms. The van der Waals surface area contributed by atoms with Crippen LogP contribution in [-0.4, -0.2) is 35.4 Å². The van der Waals surface area contributed by atoms with Crippen molar-refractivity contribution in [1.82, 2.24) is 13.9 Å². The van der Waals surface area contributed by atoms with Gasteiger partial charge in [0.15, 0.2) is 5.16 Å². The molecule has 1 saturated heterocycles. The molecule has 0 amide bonds. The number of nitrogens with zero attached hydrogens (tertiary/aromatic N) is 3. The summed E-state index contributed by atoms with van der Waals surface area (Å²) in [5, 5.41) is 3.49. The molecular weight excluding hydrogens is 486 g/mol. The van der Waals surface area contributed by atoms with Crippen LogP contribution in [0.1, 0.15) is 57.1 Å². The van der Waals surface area contributed by atoms with Gasteiger partial charge in [-0.1, -0.05) is 74.0 Å². The molecule has 3 aromatic carbocycles. The minimum atomic E-state index is -3.51. The lowest BCUT2D eigenvalue weighted by Gasteiger charge is -2.30. The van der Waals surface area contributed by atoms with Gasteiger partial charge in [-0.15, -0.1) is 0 Å². The summed E-state index contributed by atoms with van der Waals surface area (Å²) in [5.74, 6) is 1.23. The summed E-state index contributed by atoms with van der Waals surface area (Å²) in [4.78, 5) is 5.38. The third kappa shape index (κ3) is 4.57. The van der Waals surface area contributed by atoms with E-state index >= 15 is 0 Å². The molecule has 1 aliphatic heterocycles. The molecule has 1 atom stereocenters. The van der Waals surface area contributed by atoms with Crippen molar-refractivity contribution in [2.45, 2.75) is 67.3 Å².